The second kappa shape index (κ2) is 2.27. The molecule has 9 heavy (non-hydrogen) atoms. The van der Waals surface area contributed by atoms with Crippen LogP contribution in [0.25, 0.3) is 0 Å². The minimum Gasteiger partial charge on any atom is -0.228 e. The first-order chi connectivity index (χ1) is 4.11. The maximum Gasteiger partial charge on any atom is 0.212 e. The predicted molar refractivity (Wildman–Crippen MR) is 35.0 cm³/mol. The highest BCUT2D eigenvalue weighted by Crippen LogP contribution is 2.21. The molecule has 1 aliphatic carbocycles. The molecule has 1 aliphatic rings. The van der Waals surface area contributed by atoms with Gasteiger partial charge in [-0.3, -0.25) is 0 Å². The summed E-state index contributed by atoms with van der Waals surface area (Å²) in [6.45, 7) is 0. The second-order valence-corrected chi connectivity index (χ2v) is 4.08. The zero-order valence-electron chi connectivity index (χ0n) is 5.08. The minimum absolute atomic E-state index is 0.363. The fraction of sp³-hybridized carbons (Fsp3) is 0.800. The highest BCUT2D eigenvalue weighted by atomic mass is 32.2. The number of sulfonamides is 1. The summed E-state index contributed by atoms with van der Waals surface area (Å²) in [6, 6.07) is 0. The first-order valence-electron chi connectivity index (χ1n) is 2.95. The van der Waals surface area contributed by atoms with Crippen LogP contribution in [0.15, 0.2) is 0 Å². The van der Waals surface area contributed by atoms with Gasteiger partial charge in [0.2, 0.25) is 10.0 Å². The van der Waals surface area contributed by atoms with Gasteiger partial charge in [-0.05, 0) is 19.3 Å². The van der Waals surface area contributed by atoms with E-state index in [1.54, 1.807) is 6.42 Å². The van der Waals surface area contributed by atoms with Crippen LogP contribution in [0, 0.1) is 6.42 Å². The Balaban J connectivity index is 2.63. The molecule has 0 saturated heterocycles. The molecule has 0 aliphatic heterocycles. The molecular weight excluding hydrogens is 138 g/mol. The molecule has 0 amide bonds. The molecule has 1 radical (unpaired) electrons. The van der Waals surface area contributed by atoms with E-state index < -0.39 is 10.0 Å². The lowest BCUT2D eigenvalue weighted by atomic mass is 10.4. The van der Waals surface area contributed by atoms with Gasteiger partial charge in [0.05, 0.1) is 5.25 Å². The summed E-state index contributed by atoms with van der Waals surface area (Å²) in [5.41, 5.74) is 0. The average Bonchev–Trinajstić information content (AvgIpc) is 2.08. The lowest BCUT2D eigenvalue weighted by Crippen LogP contribution is -2.25. The molecule has 1 fully saturated rings. The van der Waals surface area contributed by atoms with Gasteiger partial charge in [-0.2, -0.15) is 0 Å². The molecule has 4 heteroatoms. The fourth-order valence-corrected chi connectivity index (χ4v) is 1.94. The van der Waals surface area contributed by atoms with Crippen LogP contribution in [0.2, 0.25) is 0 Å². The summed E-state index contributed by atoms with van der Waals surface area (Å²) >= 11 is 0. The van der Waals surface area contributed by atoms with Crippen molar-refractivity contribution in [2.75, 3.05) is 0 Å². The van der Waals surface area contributed by atoms with Crippen molar-refractivity contribution in [3.63, 3.8) is 0 Å². The maximum atomic E-state index is 10.6. The Morgan fingerprint density at radius 2 is 2.22 bits per heavy atom. The Labute approximate surface area is 55.3 Å². The third-order valence-electron chi connectivity index (χ3n) is 1.54. The van der Waals surface area contributed by atoms with E-state index in [0.29, 0.717) is 6.42 Å². The van der Waals surface area contributed by atoms with E-state index in [1.165, 1.54) is 0 Å². The Morgan fingerprint density at radius 3 is 2.44 bits per heavy atom. The number of hydrogen-bond donors (Lipinski definition) is 1. The Hall–Kier alpha value is -0.0900. The van der Waals surface area contributed by atoms with Crippen LogP contribution < -0.4 is 5.14 Å². The van der Waals surface area contributed by atoms with Crippen LogP contribution in [0.3, 0.4) is 0 Å². The van der Waals surface area contributed by atoms with E-state index in [4.69, 9.17) is 5.14 Å². The van der Waals surface area contributed by atoms with Crippen LogP contribution in [0.5, 0.6) is 0 Å². The largest absolute Gasteiger partial charge is 0.228 e. The number of nitrogens with two attached hydrogens (primary N) is 1. The maximum absolute atomic E-state index is 10.6. The van der Waals surface area contributed by atoms with Crippen molar-refractivity contribution in [3.05, 3.63) is 6.42 Å². The molecule has 0 aromatic rings. The van der Waals surface area contributed by atoms with Gasteiger partial charge in [0, 0.05) is 0 Å². The molecule has 0 aromatic carbocycles. The van der Waals surface area contributed by atoms with Crippen molar-refractivity contribution in [2.24, 2.45) is 5.14 Å². The van der Waals surface area contributed by atoms with Gasteiger partial charge in [-0.15, -0.1) is 0 Å². The van der Waals surface area contributed by atoms with Gasteiger partial charge < -0.3 is 0 Å². The lowest BCUT2D eigenvalue weighted by molar-refractivity contribution is 0.588. The van der Waals surface area contributed by atoms with Gasteiger partial charge >= 0.3 is 0 Å². The first-order valence-corrected chi connectivity index (χ1v) is 4.56. The van der Waals surface area contributed by atoms with Crippen LogP contribution in [0.1, 0.15) is 19.3 Å². The average molecular weight is 148 g/mol. The van der Waals surface area contributed by atoms with Crippen molar-refractivity contribution in [3.8, 4) is 0 Å². The highest BCUT2D eigenvalue weighted by molar-refractivity contribution is 7.89. The van der Waals surface area contributed by atoms with Gasteiger partial charge in [-0.25, -0.2) is 13.6 Å². The van der Waals surface area contributed by atoms with E-state index >= 15 is 0 Å². The molecule has 3 nitrogen and oxygen atoms in total. The molecule has 0 aromatic heterocycles. The smallest absolute Gasteiger partial charge is 0.212 e. The van der Waals surface area contributed by atoms with Crippen molar-refractivity contribution in [2.45, 2.75) is 24.5 Å². The summed E-state index contributed by atoms with van der Waals surface area (Å²) < 4.78 is 21.2. The molecule has 53 valence electrons. The summed E-state index contributed by atoms with van der Waals surface area (Å²) in [6.07, 6.45) is 4.33. The Bertz CT molecular complexity index is 179. The second-order valence-electron chi connectivity index (χ2n) is 2.29. The van der Waals surface area contributed by atoms with E-state index in [0.717, 1.165) is 12.8 Å². The van der Waals surface area contributed by atoms with Gasteiger partial charge in [-0.1, -0.05) is 6.42 Å². The summed E-state index contributed by atoms with van der Waals surface area (Å²) in [5.74, 6) is 0. The van der Waals surface area contributed by atoms with E-state index in [2.05, 4.69) is 0 Å². The number of rotatable bonds is 1. The topological polar surface area (TPSA) is 60.2 Å². The first kappa shape index (κ1) is 7.02. The van der Waals surface area contributed by atoms with Crippen LogP contribution in [-0.2, 0) is 10.0 Å². The quantitative estimate of drug-likeness (QED) is 0.570. The summed E-state index contributed by atoms with van der Waals surface area (Å²) in [5, 5.41) is 4.52. The van der Waals surface area contributed by atoms with Gasteiger partial charge in [0.15, 0.2) is 0 Å². The van der Waals surface area contributed by atoms with Gasteiger partial charge in [0.25, 0.3) is 0 Å². The van der Waals surface area contributed by atoms with Gasteiger partial charge in [0.1, 0.15) is 0 Å². The minimum atomic E-state index is -3.26. The third-order valence-corrected chi connectivity index (χ3v) is 2.82. The van der Waals surface area contributed by atoms with Crippen LogP contribution in [0.4, 0.5) is 0 Å². The predicted octanol–water partition coefficient (Wildman–Crippen LogP) is 0.0317. The van der Waals surface area contributed by atoms with Crippen molar-refractivity contribution in [1.29, 1.82) is 0 Å². The zero-order valence-corrected chi connectivity index (χ0v) is 5.89. The monoisotopic (exact) mass is 148 g/mol. The molecular formula is C5H10NO2S. The Kier molecular flexibility index (Phi) is 1.77. The Morgan fingerprint density at radius 1 is 1.56 bits per heavy atom. The molecule has 0 spiro atoms. The lowest BCUT2D eigenvalue weighted by Gasteiger charge is -2.02. The molecule has 1 unspecified atom stereocenters. The normalized spacial score (nSPS) is 22.8. The number of primary sulfonamides is 1. The SMILES string of the molecule is NS(=O)(=O)C1[CH]CCC1. The molecule has 1 rings (SSSR count). The van der Waals surface area contributed by atoms with E-state index in [1.807, 2.05) is 0 Å². The zero-order chi connectivity index (χ0) is 6.91. The molecule has 0 heterocycles. The number of hydrogen-bond acceptors (Lipinski definition) is 2. The fourth-order valence-electron chi connectivity index (χ4n) is 1.04. The molecule has 2 N–H and O–H groups in total. The molecule has 1 saturated carbocycles. The van der Waals surface area contributed by atoms with Crippen LogP contribution >= 0.6 is 0 Å². The van der Waals surface area contributed by atoms with Crippen molar-refractivity contribution in [1.82, 2.24) is 0 Å². The van der Waals surface area contributed by atoms with Crippen LogP contribution in [-0.4, -0.2) is 13.7 Å². The third kappa shape index (κ3) is 1.66. The highest BCUT2D eigenvalue weighted by Gasteiger charge is 2.24. The van der Waals surface area contributed by atoms with Crippen molar-refractivity contribution >= 4 is 10.0 Å². The van der Waals surface area contributed by atoms with E-state index in [9.17, 15) is 8.42 Å². The standard InChI is InChI=1S/C5H10NO2S/c6-9(7,8)5-3-1-2-4-5/h3,5H,1-2,4H2,(H2,6,7,8). The molecule has 0 bridgehead atoms. The molecule has 1 atom stereocenters. The summed E-state index contributed by atoms with van der Waals surface area (Å²) in [4.78, 5) is 0. The van der Waals surface area contributed by atoms with E-state index in [-0.39, 0.29) is 5.25 Å². The van der Waals surface area contributed by atoms with Crippen molar-refractivity contribution < 1.29 is 8.42 Å². The summed E-state index contributed by atoms with van der Waals surface area (Å²) in [7, 11) is -3.26.